The number of esters is 1. The number of aliphatic hydroxyl groups excluding tert-OH is 2. The fourth-order valence-electron chi connectivity index (χ4n) is 11.7. The lowest BCUT2D eigenvalue weighted by atomic mass is 9.71. The molecule has 2 bridgehead atoms. The quantitative estimate of drug-likeness (QED) is 0.204. The fraction of sp³-hybridized carbons (Fsp3) is 0.780. The number of ether oxygens (including phenoxy) is 10. The molecule has 1 saturated carbocycles. The van der Waals surface area contributed by atoms with E-state index in [0.717, 1.165) is 18.4 Å². The summed E-state index contributed by atoms with van der Waals surface area (Å²) in [7, 11) is 3.23. The first-order chi connectivity index (χ1) is 30.6. The number of hydrogen-bond donors (Lipinski definition) is 3. The first kappa shape index (κ1) is 48.2. The molecule has 6 heterocycles. The van der Waals surface area contributed by atoms with Gasteiger partial charge in [0.2, 0.25) is 0 Å². The second kappa shape index (κ2) is 20.1. The molecule has 64 heavy (non-hydrogen) atoms. The molecule has 0 amide bonds. The van der Waals surface area contributed by atoms with E-state index in [1.54, 1.807) is 40.2 Å². The summed E-state index contributed by atoms with van der Waals surface area (Å²) in [6.45, 7) is 11.9. The van der Waals surface area contributed by atoms with E-state index in [-0.39, 0.29) is 36.8 Å². The maximum Gasteiger partial charge on any atom is 0.316 e. The summed E-state index contributed by atoms with van der Waals surface area (Å²) in [6, 6.07) is 0. The van der Waals surface area contributed by atoms with Gasteiger partial charge in [0.05, 0.1) is 49.3 Å². The summed E-state index contributed by atoms with van der Waals surface area (Å²) in [5, 5.41) is 34.3. The summed E-state index contributed by atoms with van der Waals surface area (Å²) < 4.78 is 64.1. The lowest BCUT2D eigenvalue weighted by Crippen LogP contribution is -2.58. The monoisotopic (exact) mass is 899 g/mol. The minimum Gasteiger partial charge on any atom is -0.462 e. The molecule has 0 unspecified atom stereocenters. The normalized spacial score (nSPS) is 47.1. The van der Waals surface area contributed by atoms with Gasteiger partial charge in [-0.1, -0.05) is 69.6 Å². The third kappa shape index (κ3) is 9.82. The summed E-state index contributed by atoms with van der Waals surface area (Å²) in [5.74, 6) is -2.32. The Kier molecular flexibility index (Phi) is 15.1. The summed E-state index contributed by atoms with van der Waals surface area (Å²) in [6.07, 6.45) is 13.8. The van der Waals surface area contributed by atoms with Crippen LogP contribution in [0, 0.1) is 23.7 Å². The Bertz CT molecular complexity index is 1790. The van der Waals surface area contributed by atoms with Crippen molar-refractivity contribution in [3.63, 3.8) is 0 Å². The van der Waals surface area contributed by atoms with Gasteiger partial charge < -0.3 is 62.7 Å². The fourth-order valence-corrected chi connectivity index (χ4v) is 11.7. The van der Waals surface area contributed by atoms with E-state index in [4.69, 9.17) is 47.4 Å². The zero-order valence-electron chi connectivity index (χ0n) is 39.0. The molecule has 4 saturated heterocycles. The Balaban J connectivity index is 1.08. The van der Waals surface area contributed by atoms with Crippen LogP contribution in [0.3, 0.4) is 0 Å². The molecule has 0 radical (unpaired) electrons. The van der Waals surface area contributed by atoms with Crippen molar-refractivity contribution < 1.29 is 67.5 Å². The topological polar surface area (TPSA) is 170 Å². The Hall–Kier alpha value is -2.31. The maximum absolute atomic E-state index is 14.4. The number of aliphatic hydroxyl groups is 3. The molecule has 0 aromatic carbocycles. The molecule has 0 aromatic heterocycles. The van der Waals surface area contributed by atoms with Crippen LogP contribution >= 0.6 is 0 Å². The highest BCUT2D eigenvalue weighted by molar-refractivity contribution is 5.78. The summed E-state index contributed by atoms with van der Waals surface area (Å²) >= 11 is 0. The van der Waals surface area contributed by atoms with Crippen molar-refractivity contribution in [2.75, 3.05) is 20.8 Å². The Morgan fingerprint density at radius 3 is 2.28 bits per heavy atom. The van der Waals surface area contributed by atoms with Crippen molar-refractivity contribution >= 4 is 5.97 Å². The molecule has 3 N–H and O–H groups in total. The van der Waals surface area contributed by atoms with Crippen LogP contribution in [0.15, 0.2) is 59.3 Å². The SMILES string of the molecule is CO[C@H]1C[C@H](O[C@H]2[C@H](C)O[C@@H](O[C@@H]3C(C)=CC[C@@H]4C[C@@H](C[C@]5(C=C[C@H](C)[C@@H](C6CCCCC6)O5)O4)OC(=O)[C@@H]4C=C(C)[C@@H](O)[C@H]5OCC(=CC=C[C@@H]3C)[C@]54O)C[C@@H]2OC)O[C@@H](C)[C@@H]1O. The van der Waals surface area contributed by atoms with Gasteiger partial charge in [-0.2, -0.15) is 0 Å². The molecule has 19 atom stereocenters. The van der Waals surface area contributed by atoms with Gasteiger partial charge in [0.1, 0.15) is 42.0 Å². The Morgan fingerprint density at radius 2 is 1.53 bits per heavy atom. The lowest BCUT2D eigenvalue weighted by Gasteiger charge is -2.49. The number of hydrogen-bond acceptors (Lipinski definition) is 14. The predicted molar refractivity (Wildman–Crippen MR) is 234 cm³/mol. The Morgan fingerprint density at radius 1 is 0.812 bits per heavy atom. The van der Waals surface area contributed by atoms with Gasteiger partial charge in [-0.15, -0.1) is 0 Å². The van der Waals surface area contributed by atoms with E-state index in [1.165, 1.54) is 19.3 Å². The first-order valence-corrected chi connectivity index (χ1v) is 24.0. The Labute approximate surface area is 379 Å². The molecular weight excluding hydrogens is 825 g/mol. The van der Waals surface area contributed by atoms with E-state index >= 15 is 0 Å². The van der Waals surface area contributed by atoms with Crippen LogP contribution in [0.5, 0.6) is 0 Å². The molecule has 8 rings (SSSR count). The van der Waals surface area contributed by atoms with E-state index in [9.17, 15) is 20.1 Å². The third-order valence-corrected chi connectivity index (χ3v) is 15.4. The van der Waals surface area contributed by atoms with Crippen LogP contribution in [-0.2, 0) is 52.2 Å². The van der Waals surface area contributed by atoms with Crippen LogP contribution < -0.4 is 0 Å². The second-order valence-corrected chi connectivity index (χ2v) is 20.0. The van der Waals surface area contributed by atoms with Gasteiger partial charge in [0.15, 0.2) is 18.4 Å². The highest BCUT2D eigenvalue weighted by Crippen LogP contribution is 2.48. The molecular formula is C50H74O14. The van der Waals surface area contributed by atoms with Crippen molar-refractivity contribution in [2.45, 2.75) is 203 Å². The van der Waals surface area contributed by atoms with Gasteiger partial charge in [0.25, 0.3) is 0 Å². The van der Waals surface area contributed by atoms with Crippen molar-refractivity contribution in [2.24, 2.45) is 23.7 Å². The van der Waals surface area contributed by atoms with Crippen LogP contribution in [0.1, 0.15) is 106 Å². The summed E-state index contributed by atoms with van der Waals surface area (Å²) in [4.78, 5) is 14.4. The molecule has 0 aromatic rings. The van der Waals surface area contributed by atoms with E-state index in [1.807, 2.05) is 25.2 Å². The van der Waals surface area contributed by atoms with E-state index in [0.29, 0.717) is 49.2 Å². The van der Waals surface area contributed by atoms with Gasteiger partial charge in [-0.25, -0.2) is 0 Å². The largest absolute Gasteiger partial charge is 0.462 e. The number of fused-ring (bicyclic) bond motifs is 2. The molecule has 6 aliphatic heterocycles. The van der Waals surface area contributed by atoms with E-state index in [2.05, 4.69) is 32.9 Å². The average Bonchev–Trinajstić information content (AvgIpc) is 3.62. The zero-order valence-corrected chi connectivity index (χ0v) is 39.0. The molecule has 2 aliphatic carbocycles. The highest BCUT2D eigenvalue weighted by atomic mass is 16.7. The third-order valence-electron chi connectivity index (χ3n) is 15.4. The molecule has 5 fully saturated rings. The predicted octanol–water partition coefficient (Wildman–Crippen LogP) is 5.91. The van der Waals surface area contributed by atoms with Gasteiger partial charge >= 0.3 is 5.97 Å². The van der Waals surface area contributed by atoms with Crippen LogP contribution in [-0.4, -0.2) is 139 Å². The van der Waals surface area contributed by atoms with Crippen LogP contribution in [0.25, 0.3) is 0 Å². The minimum absolute atomic E-state index is 0.0242. The molecule has 14 nitrogen and oxygen atoms in total. The second-order valence-electron chi connectivity index (χ2n) is 20.0. The average molecular weight is 899 g/mol. The van der Waals surface area contributed by atoms with Crippen molar-refractivity contribution in [1.29, 1.82) is 0 Å². The maximum atomic E-state index is 14.4. The number of allylic oxidation sites excluding steroid dienone is 2. The lowest BCUT2D eigenvalue weighted by molar-refractivity contribution is -0.318. The molecule has 14 heteroatoms. The smallest absolute Gasteiger partial charge is 0.316 e. The molecule has 8 aliphatic rings. The number of carbonyl (C=O) groups excluding carboxylic acids is 1. The van der Waals surface area contributed by atoms with Crippen molar-refractivity contribution in [3.8, 4) is 0 Å². The number of carbonyl (C=O) groups is 1. The van der Waals surface area contributed by atoms with Gasteiger partial charge in [-0.05, 0) is 75.7 Å². The van der Waals surface area contributed by atoms with E-state index < -0.39 is 90.8 Å². The summed E-state index contributed by atoms with van der Waals surface area (Å²) in [5.41, 5.74) is 0.166. The van der Waals surface area contributed by atoms with Gasteiger partial charge in [-0.3, -0.25) is 4.79 Å². The zero-order chi connectivity index (χ0) is 45.5. The standard InChI is InChI=1S/C50H74O14/c1-27-13-12-16-34-26-57-47-42(51)30(4)21-37(50(34,47)54)48(53)60-36-22-35(63-49(25-36)20-19-29(3)45(64-49)33-14-10-9-11-15-33)18-17-28(2)44(27)61-41-24-39(56-8)46(32(6)59-41)62-40-23-38(55-7)43(52)31(5)58-40/h12-13,16-17,19-21,27,29,31-33,35-47,51-52,54H,9-11,14-15,18,22-26H2,1-8H3/t27-,29-,31-,32-,35+,36-,37-,38-,39-,40-,41-,42+,43-,44-,45-,46-,47+,49+,50+/m0/s1. The van der Waals surface area contributed by atoms with Crippen molar-refractivity contribution in [3.05, 3.63) is 59.3 Å². The molecule has 358 valence electrons. The highest BCUT2D eigenvalue weighted by Gasteiger charge is 2.60. The van der Waals surface area contributed by atoms with Gasteiger partial charge in [0, 0.05) is 51.7 Å². The molecule has 1 spiro atoms. The number of rotatable bonds is 7. The van der Waals surface area contributed by atoms with Crippen LogP contribution in [0.2, 0.25) is 0 Å². The van der Waals surface area contributed by atoms with Crippen molar-refractivity contribution in [1.82, 2.24) is 0 Å². The minimum atomic E-state index is -1.83. The van der Waals surface area contributed by atoms with Crippen LogP contribution in [0.4, 0.5) is 0 Å². The first-order valence-electron chi connectivity index (χ1n) is 24.0. The number of methoxy groups -OCH3 is 2.